The van der Waals surface area contributed by atoms with E-state index in [4.69, 9.17) is 5.73 Å². The van der Waals surface area contributed by atoms with E-state index >= 15 is 0 Å². The van der Waals surface area contributed by atoms with Crippen molar-refractivity contribution in [3.8, 4) is 0 Å². The smallest absolute Gasteiger partial charge is 0.393 e. The van der Waals surface area contributed by atoms with Gasteiger partial charge in [-0.2, -0.15) is 13.2 Å². The molecule has 0 amide bonds. The van der Waals surface area contributed by atoms with Crippen LogP contribution < -0.4 is 11.1 Å². The second kappa shape index (κ2) is 8.24. The van der Waals surface area contributed by atoms with Gasteiger partial charge in [0.05, 0.1) is 4.92 Å². The van der Waals surface area contributed by atoms with Gasteiger partial charge < -0.3 is 11.1 Å². The molecule has 2 atom stereocenters. The number of alkyl halides is 3. The van der Waals surface area contributed by atoms with Crippen LogP contribution >= 0.6 is 0 Å². The van der Waals surface area contributed by atoms with Crippen LogP contribution in [0.4, 0.5) is 24.5 Å². The maximum atomic E-state index is 13.2. The van der Waals surface area contributed by atoms with E-state index in [9.17, 15) is 23.3 Å². The zero-order valence-electron chi connectivity index (χ0n) is 15.9. The number of nitrogens with zero attached hydrogens (tertiary/aromatic N) is 1. The topological polar surface area (TPSA) is 81.2 Å². The Kier molecular flexibility index (Phi) is 5.93. The van der Waals surface area contributed by atoms with Crippen LogP contribution in [0.15, 0.2) is 48.5 Å². The molecule has 2 aromatic carbocycles. The molecule has 0 saturated heterocycles. The largest absolute Gasteiger partial charge is 0.423 e. The zero-order chi connectivity index (χ0) is 21.2. The second-order valence-corrected chi connectivity index (χ2v) is 7.39. The fourth-order valence-corrected chi connectivity index (χ4v) is 3.77. The summed E-state index contributed by atoms with van der Waals surface area (Å²) in [7, 11) is 0. The fraction of sp³-hybridized carbons (Fsp3) is 0.333. The second-order valence-electron chi connectivity index (χ2n) is 7.39. The number of allylic oxidation sites excluding steroid dienone is 1. The molecule has 2 unspecified atom stereocenters. The molecule has 5 nitrogen and oxygen atoms in total. The van der Waals surface area contributed by atoms with Crippen LogP contribution in [0.3, 0.4) is 0 Å². The molecular formula is C21H22F3N3O2. The Morgan fingerprint density at radius 3 is 2.52 bits per heavy atom. The predicted octanol–water partition coefficient (Wildman–Crippen LogP) is 5.17. The van der Waals surface area contributed by atoms with Crippen molar-refractivity contribution in [1.82, 2.24) is 5.32 Å². The summed E-state index contributed by atoms with van der Waals surface area (Å²) in [6, 6.07) is 11.8. The first-order valence-electron chi connectivity index (χ1n) is 9.29. The lowest BCUT2D eigenvalue weighted by Crippen LogP contribution is -2.31. The normalized spacial score (nSPS) is 19.7. The molecule has 8 heteroatoms. The van der Waals surface area contributed by atoms with Crippen LogP contribution in [-0.4, -0.2) is 11.0 Å². The number of benzene rings is 2. The minimum Gasteiger partial charge on any atom is -0.393 e. The molecule has 0 spiro atoms. The van der Waals surface area contributed by atoms with Crippen molar-refractivity contribution in [3.05, 3.63) is 75.3 Å². The first-order chi connectivity index (χ1) is 13.7. The van der Waals surface area contributed by atoms with Crippen molar-refractivity contribution >= 4 is 16.9 Å². The van der Waals surface area contributed by atoms with Crippen molar-refractivity contribution in [3.63, 3.8) is 0 Å². The van der Waals surface area contributed by atoms with Gasteiger partial charge in [0.25, 0.3) is 0 Å². The Hall–Kier alpha value is -2.87. The van der Waals surface area contributed by atoms with Gasteiger partial charge in [-0.15, -0.1) is 0 Å². The monoisotopic (exact) mass is 405 g/mol. The molecule has 2 aromatic rings. The summed E-state index contributed by atoms with van der Waals surface area (Å²) >= 11 is 0. The van der Waals surface area contributed by atoms with E-state index in [1.807, 2.05) is 43.3 Å². The van der Waals surface area contributed by atoms with Crippen molar-refractivity contribution in [2.24, 2.45) is 5.92 Å². The number of nitrogens with one attached hydrogen (secondary N) is 1. The van der Waals surface area contributed by atoms with E-state index in [2.05, 4.69) is 5.32 Å². The highest BCUT2D eigenvalue weighted by Gasteiger charge is 2.40. The van der Waals surface area contributed by atoms with Gasteiger partial charge in [-0.25, -0.2) is 0 Å². The van der Waals surface area contributed by atoms with E-state index in [-0.39, 0.29) is 12.0 Å². The van der Waals surface area contributed by atoms with E-state index in [1.165, 1.54) is 6.07 Å². The molecule has 0 radical (unpaired) electrons. The van der Waals surface area contributed by atoms with Crippen LogP contribution in [-0.2, 0) is 12.7 Å². The summed E-state index contributed by atoms with van der Waals surface area (Å²) in [5.74, 6) is 0.254. The first-order valence-corrected chi connectivity index (χ1v) is 9.29. The number of halogens is 3. The summed E-state index contributed by atoms with van der Waals surface area (Å²) in [6.45, 7) is 2.68. The molecule has 0 aliphatic heterocycles. The zero-order valence-corrected chi connectivity index (χ0v) is 15.9. The van der Waals surface area contributed by atoms with Gasteiger partial charge in [-0.3, -0.25) is 10.1 Å². The van der Waals surface area contributed by atoms with E-state index < -0.39 is 28.0 Å². The van der Waals surface area contributed by atoms with Gasteiger partial charge in [0.2, 0.25) is 0 Å². The van der Waals surface area contributed by atoms with Crippen LogP contribution in [0.1, 0.15) is 36.5 Å². The molecule has 1 aliphatic rings. The van der Waals surface area contributed by atoms with Crippen LogP contribution in [0.5, 0.6) is 0 Å². The first kappa shape index (κ1) is 20.9. The Balaban J connectivity index is 1.92. The minimum absolute atomic E-state index is 0.00490. The van der Waals surface area contributed by atoms with Crippen molar-refractivity contribution in [1.29, 1.82) is 0 Å². The number of nitro groups is 1. The lowest BCUT2D eigenvalue weighted by Gasteiger charge is -2.28. The summed E-state index contributed by atoms with van der Waals surface area (Å²) in [5.41, 5.74) is 5.16. The Morgan fingerprint density at radius 1 is 1.21 bits per heavy atom. The fourth-order valence-electron chi connectivity index (χ4n) is 3.77. The third-order valence-corrected chi connectivity index (χ3v) is 5.09. The average molecular weight is 405 g/mol. The number of anilines is 1. The highest BCUT2D eigenvalue weighted by Crippen LogP contribution is 2.43. The number of nitro benzene ring substituents is 1. The van der Waals surface area contributed by atoms with Gasteiger partial charge in [0, 0.05) is 18.2 Å². The Morgan fingerprint density at radius 2 is 1.90 bits per heavy atom. The van der Waals surface area contributed by atoms with Crippen LogP contribution in [0.25, 0.3) is 5.57 Å². The average Bonchev–Trinajstić information content (AvgIpc) is 2.65. The molecule has 3 N–H and O–H groups in total. The van der Waals surface area contributed by atoms with Gasteiger partial charge in [-0.05, 0) is 36.0 Å². The van der Waals surface area contributed by atoms with E-state index in [0.29, 0.717) is 18.5 Å². The summed E-state index contributed by atoms with van der Waals surface area (Å²) in [4.78, 5) is 10.3. The van der Waals surface area contributed by atoms with E-state index in [0.717, 1.165) is 23.6 Å². The maximum absolute atomic E-state index is 13.2. The standard InChI is InChI=1S/C21H22F3N3O2/c1-13-9-15(11-16(10-13)26-12-14-5-3-2-4-6-14)17-7-8-18(21(22,23)24)20(19(17)25)27(28)29/h2-8,11,13,16,26H,9-10,12,25H2,1H3. The lowest BCUT2D eigenvalue weighted by atomic mass is 9.83. The molecule has 29 heavy (non-hydrogen) atoms. The quantitative estimate of drug-likeness (QED) is 0.409. The molecule has 154 valence electrons. The Bertz CT molecular complexity index is 927. The van der Waals surface area contributed by atoms with Crippen LogP contribution in [0, 0.1) is 16.0 Å². The SMILES string of the molecule is CC1CC(c2ccc(C(F)(F)F)c([N+](=O)[O-])c2N)=CC(NCc2ccccc2)C1. The number of rotatable bonds is 5. The van der Waals surface area contributed by atoms with E-state index in [1.54, 1.807) is 0 Å². The number of hydrogen-bond donors (Lipinski definition) is 2. The summed E-state index contributed by atoms with van der Waals surface area (Å²) in [6.07, 6.45) is -1.47. The minimum atomic E-state index is -4.84. The lowest BCUT2D eigenvalue weighted by molar-refractivity contribution is -0.387. The number of nitrogens with two attached hydrogens (primary N) is 1. The molecule has 0 saturated carbocycles. The van der Waals surface area contributed by atoms with Crippen LogP contribution in [0.2, 0.25) is 0 Å². The molecule has 0 heterocycles. The predicted molar refractivity (Wildman–Crippen MR) is 106 cm³/mol. The van der Waals surface area contributed by atoms with Crippen molar-refractivity contribution in [2.75, 3.05) is 5.73 Å². The maximum Gasteiger partial charge on any atom is 0.423 e. The molecule has 0 bridgehead atoms. The van der Waals surface area contributed by atoms with Gasteiger partial charge in [-0.1, -0.05) is 49.4 Å². The summed E-state index contributed by atoms with van der Waals surface area (Å²) in [5, 5.41) is 14.7. The molecule has 0 aromatic heterocycles. The molecule has 1 aliphatic carbocycles. The van der Waals surface area contributed by atoms with Crippen molar-refractivity contribution in [2.45, 2.75) is 38.5 Å². The van der Waals surface area contributed by atoms with Gasteiger partial charge in [0.1, 0.15) is 11.3 Å². The number of nitrogen functional groups attached to an aromatic ring is 1. The van der Waals surface area contributed by atoms with Gasteiger partial charge >= 0.3 is 11.9 Å². The highest BCUT2D eigenvalue weighted by molar-refractivity contribution is 5.82. The Labute approximate surface area is 166 Å². The molecule has 3 rings (SSSR count). The molecular weight excluding hydrogens is 383 g/mol. The number of hydrogen-bond acceptors (Lipinski definition) is 4. The molecule has 0 fully saturated rings. The third-order valence-electron chi connectivity index (χ3n) is 5.09. The summed E-state index contributed by atoms with van der Waals surface area (Å²) < 4.78 is 39.5. The van der Waals surface area contributed by atoms with Gasteiger partial charge in [0.15, 0.2) is 0 Å². The van der Waals surface area contributed by atoms with Crippen molar-refractivity contribution < 1.29 is 18.1 Å². The third kappa shape index (κ3) is 4.76. The highest BCUT2D eigenvalue weighted by atomic mass is 19.4.